The Bertz CT molecular complexity index is 404. The van der Waals surface area contributed by atoms with Gasteiger partial charge in [0, 0.05) is 24.4 Å². The van der Waals surface area contributed by atoms with Gasteiger partial charge in [0.2, 0.25) is 5.91 Å². The minimum Gasteiger partial charge on any atom is -0.353 e. The summed E-state index contributed by atoms with van der Waals surface area (Å²) in [6.07, 6.45) is 5.78. The van der Waals surface area contributed by atoms with Crippen LogP contribution in [0.2, 0.25) is 0 Å². The van der Waals surface area contributed by atoms with Gasteiger partial charge in [-0.2, -0.15) is 0 Å². The number of amides is 1. The molecule has 2 aliphatic carbocycles. The second-order valence-corrected chi connectivity index (χ2v) is 5.06. The Morgan fingerprint density at radius 3 is 2.94 bits per heavy atom. The zero-order valence-corrected chi connectivity index (χ0v) is 9.39. The minimum atomic E-state index is 0.192. The maximum Gasteiger partial charge on any atom is 0.223 e. The molecule has 4 unspecified atom stereocenters. The van der Waals surface area contributed by atoms with Gasteiger partial charge in [-0.05, 0) is 36.3 Å². The number of hydrogen-bond acceptors (Lipinski definition) is 2. The third-order valence-electron chi connectivity index (χ3n) is 3.68. The van der Waals surface area contributed by atoms with Gasteiger partial charge in [-0.3, -0.25) is 9.78 Å². The molecule has 4 atom stereocenters. The van der Waals surface area contributed by atoms with E-state index in [0.29, 0.717) is 17.9 Å². The summed E-state index contributed by atoms with van der Waals surface area (Å²) in [6.45, 7) is 2.18. The van der Waals surface area contributed by atoms with Crippen molar-refractivity contribution < 1.29 is 4.79 Å². The molecule has 0 radical (unpaired) electrons. The predicted octanol–water partition coefficient (Wildman–Crippen LogP) is 1.71. The van der Waals surface area contributed by atoms with Gasteiger partial charge in [0.15, 0.2) is 0 Å². The summed E-state index contributed by atoms with van der Waals surface area (Å²) in [5.41, 5.74) is 1.20. The molecule has 1 aromatic rings. The first kappa shape index (κ1) is 9.82. The smallest absolute Gasteiger partial charge is 0.223 e. The first-order chi connectivity index (χ1) is 7.75. The molecule has 2 fully saturated rings. The predicted molar refractivity (Wildman–Crippen MR) is 60.8 cm³/mol. The Balaban J connectivity index is 1.57. The Labute approximate surface area is 95.3 Å². The van der Waals surface area contributed by atoms with Gasteiger partial charge in [-0.15, -0.1) is 0 Å². The quantitative estimate of drug-likeness (QED) is 0.835. The van der Waals surface area contributed by atoms with Crippen molar-refractivity contribution in [1.82, 2.24) is 10.3 Å². The molecule has 2 aliphatic rings. The third kappa shape index (κ3) is 1.82. The fourth-order valence-electron chi connectivity index (χ4n) is 2.26. The molecule has 0 bridgehead atoms. The first-order valence-electron chi connectivity index (χ1n) is 5.96. The molecule has 3 rings (SSSR count). The molecular formula is C13H16N2O. The second-order valence-electron chi connectivity index (χ2n) is 5.06. The number of carbonyl (C=O) groups excluding carboxylic acids is 1. The summed E-state index contributed by atoms with van der Waals surface area (Å²) >= 11 is 0. The van der Waals surface area contributed by atoms with Gasteiger partial charge in [0.1, 0.15) is 0 Å². The van der Waals surface area contributed by atoms with E-state index in [2.05, 4.69) is 23.3 Å². The summed E-state index contributed by atoms with van der Waals surface area (Å²) in [6, 6.07) is 4.44. The lowest BCUT2D eigenvalue weighted by Gasteiger charge is -2.02. The Kier molecular flexibility index (Phi) is 2.20. The molecule has 0 saturated heterocycles. The fourth-order valence-corrected chi connectivity index (χ4v) is 2.26. The minimum absolute atomic E-state index is 0.192. The van der Waals surface area contributed by atoms with Crippen LogP contribution in [0.25, 0.3) is 0 Å². The van der Waals surface area contributed by atoms with Crippen LogP contribution in [0.1, 0.15) is 31.2 Å². The molecule has 3 heteroatoms. The van der Waals surface area contributed by atoms with E-state index in [4.69, 9.17) is 0 Å². The molecule has 1 N–H and O–H groups in total. The van der Waals surface area contributed by atoms with Crippen LogP contribution in [-0.2, 0) is 4.79 Å². The summed E-state index contributed by atoms with van der Waals surface area (Å²) in [5.74, 6) is 1.52. The van der Waals surface area contributed by atoms with E-state index in [1.165, 1.54) is 5.56 Å². The number of rotatable bonds is 3. The average molecular weight is 216 g/mol. The highest BCUT2D eigenvalue weighted by Gasteiger charge is 2.46. The van der Waals surface area contributed by atoms with Crippen molar-refractivity contribution in [3.8, 4) is 0 Å². The highest BCUT2D eigenvalue weighted by Crippen LogP contribution is 2.47. The molecule has 16 heavy (non-hydrogen) atoms. The Morgan fingerprint density at radius 2 is 2.31 bits per heavy atom. The maximum absolute atomic E-state index is 11.9. The van der Waals surface area contributed by atoms with Crippen molar-refractivity contribution in [2.24, 2.45) is 11.8 Å². The first-order valence-corrected chi connectivity index (χ1v) is 5.96. The number of nitrogens with one attached hydrogen (secondary N) is 1. The van der Waals surface area contributed by atoms with Gasteiger partial charge in [0.25, 0.3) is 0 Å². The van der Waals surface area contributed by atoms with E-state index in [9.17, 15) is 4.79 Å². The van der Waals surface area contributed by atoms with Crippen molar-refractivity contribution in [2.75, 3.05) is 0 Å². The van der Waals surface area contributed by atoms with Crippen LogP contribution in [0.5, 0.6) is 0 Å². The lowest BCUT2D eigenvalue weighted by atomic mass is 10.1. The topological polar surface area (TPSA) is 42.0 Å². The van der Waals surface area contributed by atoms with Crippen LogP contribution in [0, 0.1) is 11.8 Å². The number of hydrogen-bond donors (Lipinski definition) is 1. The average Bonchev–Trinajstić information content (AvgIpc) is 3.17. The standard InChI is InChI=1S/C13H16N2O/c1-8-5-12(8)15-13(16)11-6-10(11)9-3-2-4-14-7-9/h2-4,7-8,10-12H,5-6H2,1H3,(H,15,16). The Hall–Kier alpha value is -1.38. The van der Waals surface area contributed by atoms with E-state index < -0.39 is 0 Å². The molecule has 2 saturated carbocycles. The van der Waals surface area contributed by atoms with Gasteiger partial charge < -0.3 is 5.32 Å². The maximum atomic E-state index is 11.9. The van der Waals surface area contributed by atoms with Crippen LogP contribution in [0.15, 0.2) is 24.5 Å². The van der Waals surface area contributed by atoms with Crippen LogP contribution >= 0.6 is 0 Å². The van der Waals surface area contributed by atoms with E-state index in [1.54, 1.807) is 6.20 Å². The van der Waals surface area contributed by atoms with Crippen molar-refractivity contribution in [3.05, 3.63) is 30.1 Å². The van der Waals surface area contributed by atoms with Gasteiger partial charge >= 0.3 is 0 Å². The van der Waals surface area contributed by atoms with Gasteiger partial charge in [-0.25, -0.2) is 0 Å². The van der Waals surface area contributed by atoms with Crippen molar-refractivity contribution in [1.29, 1.82) is 0 Å². The van der Waals surface area contributed by atoms with Gasteiger partial charge in [-0.1, -0.05) is 13.0 Å². The fraction of sp³-hybridized carbons (Fsp3) is 0.538. The summed E-state index contributed by atoms with van der Waals surface area (Å²) in [5, 5.41) is 3.11. The van der Waals surface area contributed by atoms with E-state index in [0.717, 1.165) is 12.8 Å². The van der Waals surface area contributed by atoms with E-state index >= 15 is 0 Å². The molecule has 0 aromatic carbocycles. The largest absolute Gasteiger partial charge is 0.353 e. The zero-order chi connectivity index (χ0) is 11.1. The molecule has 0 spiro atoms. The monoisotopic (exact) mass is 216 g/mol. The van der Waals surface area contributed by atoms with Gasteiger partial charge in [0.05, 0.1) is 0 Å². The number of carbonyl (C=O) groups is 1. The van der Waals surface area contributed by atoms with Crippen molar-refractivity contribution in [2.45, 2.75) is 31.7 Å². The molecule has 1 aromatic heterocycles. The highest BCUT2D eigenvalue weighted by atomic mass is 16.2. The molecule has 1 heterocycles. The van der Waals surface area contributed by atoms with Crippen LogP contribution in [-0.4, -0.2) is 16.9 Å². The number of pyridine rings is 1. The van der Waals surface area contributed by atoms with E-state index in [-0.39, 0.29) is 11.8 Å². The number of nitrogens with zero attached hydrogens (tertiary/aromatic N) is 1. The Morgan fingerprint density at radius 1 is 1.50 bits per heavy atom. The lowest BCUT2D eigenvalue weighted by Crippen LogP contribution is -2.28. The SMILES string of the molecule is CC1CC1NC(=O)C1CC1c1cccnc1. The third-order valence-corrected chi connectivity index (χ3v) is 3.68. The summed E-state index contributed by atoms with van der Waals surface area (Å²) < 4.78 is 0. The second kappa shape index (κ2) is 3.58. The zero-order valence-electron chi connectivity index (χ0n) is 9.39. The lowest BCUT2D eigenvalue weighted by molar-refractivity contribution is -0.122. The van der Waals surface area contributed by atoms with Crippen molar-refractivity contribution in [3.63, 3.8) is 0 Å². The molecule has 3 nitrogen and oxygen atoms in total. The normalized spacial score (nSPS) is 35.6. The number of aromatic nitrogens is 1. The molecule has 1 amide bonds. The molecule has 0 aliphatic heterocycles. The molecule has 84 valence electrons. The highest BCUT2D eigenvalue weighted by molar-refractivity contribution is 5.83. The summed E-state index contributed by atoms with van der Waals surface area (Å²) in [7, 11) is 0. The van der Waals surface area contributed by atoms with Crippen LogP contribution in [0.3, 0.4) is 0 Å². The summed E-state index contributed by atoms with van der Waals surface area (Å²) in [4.78, 5) is 15.9. The molecular weight excluding hydrogens is 200 g/mol. The van der Waals surface area contributed by atoms with E-state index in [1.807, 2.05) is 12.3 Å². The van der Waals surface area contributed by atoms with Crippen molar-refractivity contribution >= 4 is 5.91 Å². The van der Waals surface area contributed by atoms with Crippen LogP contribution < -0.4 is 5.32 Å². The van der Waals surface area contributed by atoms with Crippen LogP contribution in [0.4, 0.5) is 0 Å².